The fourth-order valence-electron chi connectivity index (χ4n) is 2.91. The van der Waals surface area contributed by atoms with E-state index in [1.54, 1.807) is 7.11 Å². The summed E-state index contributed by atoms with van der Waals surface area (Å²) >= 11 is 0. The zero-order valence-electron chi connectivity index (χ0n) is 13.8. The van der Waals surface area contributed by atoms with Gasteiger partial charge in [-0.25, -0.2) is 0 Å². The third-order valence-corrected chi connectivity index (χ3v) is 4.46. The Balaban J connectivity index is 1.89. The van der Waals surface area contributed by atoms with Crippen molar-refractivity contribution in [1.82, 2.24) is 0 Å². The summed E-state index contributed by atoms with van der Waals surface area (Å²) in [4.78, 5) is 14.6. The first-order chi connectivity index (χ1) is 11.1. The van der Waals surface area contributed by atoms with Gasteiger partial charge in [-0.3, -0.25) is 4.79 Å². The molecule has 0 atom stereocenters. The van der Waals surface area contributed by atoms with E-state index in [-0.39, 0.29) is 5.91 Å². The summed E-state index contributed by atoms with van der Waals surface area (Å²) in [7, 11) is 1.65. The van der Waals surface area contributed by atoms with Crippen LogP contribution in [0.1, 0.15) is 35.3 Å². The van der Waals surface area contributed by atoms with Crippen LogP contribution in [0.3, 0.4) is 0 Å². The molecule has 0 saturated carbocycles. The maximum Gasteiger partial charge on any atom is 0.258 e. The van der Waals surface area contributed by atoms with Gasteiger partial charge >= 0.3 is 0 Å². The number of amides is 1. The number of allylic oxidation sites excluding steroid dienone is 2. The summed E-state index contributed by atoms with van der Waals surface area (Å²) < 4.78 is 5.24. The predicted octanol–water partition coefficient (Wildman–Crippen LogP) is 4.32. The Morgan fingerprint density at radius 1 is 1.17 bits per heavy atom. The molecule has 3 rings (SSSR count). The molecular weight excluding hydrogens is 286 g/mol. The van der Waals surface area contributed by atoms with Gasteiger partial charge in [-0.2, -0.15) is 0 Å². The normalized spacial score (nSPS) is 14.7. The largest absolute Gasteiger partial charge is 0.497 e. The first-order valence-corrected chi connectivity index (χ1v) is 7.86. The van der Waals surface area contributed by atoms with Crippen LogP contribution in [0.2, 0.25) is 0 Å². The summed E-state index contributed by atoms with van der Waals surface area (Å²) in [5, 5.41) is 0. The Hall–Kier alpha value is -2.55. The van der Waals surface area contributed by atoms with E-state index < -0.39 is 0 Å². The van der Waals surface area contributed by atoms with Gasteiger partial charge in [0, 0.05) is 17.8 Å². The molecular formula is C20H21NO2. The summed E-state index contributed by atoms with van der Waals surface area (Å²) in [5.41, 5.74) is 5.20. The van der Waals surface area contributed by atoms with Crippen LogP contribution in [0.4, 0.5) is 5.69 Å². The van der Waals surface area contributed by atoms with Gasteiger partial charge in [-0.1, -0.05) is 18.2 Å². The smallest absolute Gasteiger partial charge is 0.258 e. The second-order valence-corrected chi connectivity index (χ2v) is 5.75. The minimum atomic E-state index is 0.0596. The van der Waals surface area contributed by atoms with Gasteiger partial charge in [-0.15, -0.1) is 0 Å². The van der Waals surface area contributed by atoms with Crippen molar-refractivity contribution >= 4 is 17.2 Å². The molecule has 0 unspecified atom stereocenters. The molecule has 23 heavy (non-hydrogen) atoms. The van der Waals surface area contributed by atoms with Crippen LogP contribution in [-0.4, -0.2) is 19.6 Å². The summed E-state index contributed by atoms with van der Waals surface area (Å²) in [6, 6.07) is 13.9. The second kappa shape index (κ2) is 6.29. The van der Waals surface area contributed by atoms with Crippen molar-refractivity contribution in [2.75, 3.05) is 18.6 Å². The Morgan fingerprint density at radius 2 is 1.91 bits per heavy atom. The minimum Gasteiger partial charge on any atom is -0.497 e. The number of fused-ring (bicyclic) bond motifs is 1. The molecule has 1 amide bonds. The molecule has 0 spiro atoms. The van der Waals surface area contributed by atoms with Crippen LogP contribution in [0.25, 0.3) is 5.57 Å². The lowest BCUT2D eigenvalue weighted by Gasteiger charge is -2.29. The van der Waals surface area contributed by atoms with E-state index in [9.17, 15) is 4.79 Å². The number of methoxy groups -OCH3 is 1. The summed E-state index contributed by atoms with van der Waals surface area (Å²) in [5.74, 6) is 0.862. The third kappa shape index (κ3) is 2.87. The van der Waals surface area contributed by atoms with Crippen LogP contribution >= 0.6 is 0 Å². The van der Waals surface area contributed by atoms with Crippen LogP contribution in [0, 0.1) is 0 Å². The lowest BCUT2D eigenvalue weighted by atomic mass is 9.98. The molecule has 0 saturated heterocycles. The van der Waals surface area contributed by atoms with Crippen molar-refractivity contribution < 1.29 is 9.53 Å². The van der Waals surface area contributed by atoms with Gasteiger partial charge in [0.2, 0.25) is 0 Å². The van der Waals surface area contributed by atoms with Gasteiger partial charge < -0.3 is 9.64 Å². The highest BCUT2D eigenvalue weighted by Crippen LogP contribution is 2.28. The van der Waals surface area contributed by atoms with Crippen molar-refractivity contribution in [2.24, 2.45) is 0 Å². The van der Waals surface area contributed by atoms with E-state index in [1.807, 2.05) is 42.2 Å². The number of hydrogen-bond donors (Lipinski definition) is 0. The maximum atomic E-state index is 12.8. The Bertz CT molecular complexity index is 760. The van der Waals surface area contributed by atoms with Gasteiger partial charge in [-0.05, 0) is 67.3 Å². The highest BCUT2D eigenvalue weighted by molar-refractivity contribution is 6.08. The highest BCUT2D eigenvalue weighted by Gasteiger charge is 2.25. The molecule has 0 aromatic heterocycles. The second-order valence-electron chi connectivity index (χ2n) is 5.75. The summed E-state index contributed by atoms with van der Waals surface area (Å²) in [6.45, 7) is 4.81. The molecule has 3 heteroatoms. The predicted molar refractivity (Wildman–Crippen MR) is 94.1 cm³/mol. The highest BCUT2D eigenvalue weighted by atomic mass is 16.5. The standard InChI is InChI=1S/C20H21NO2/c1-4-14(2)15-5-7-17(8-6-15)21-12-11-16-13-18(23-3)9-10-19(16)20(21)22/h4-10,13H,11-12H2,1-3H3/b14-4-. The number of carbonyl (C=O) groups is 1. The molecule has 118 valence electrons. The van der Waals surface area contributed by atoms with E-state index >= 15 is 0 Å². The lowest BCUT2D eigenvalue weighted by molar-refractivity contribution is 0.0980. The molecule has 1 aliphatic heterocycles. The van der Waals surface area contributed by atoms with Gasteiger partial charge in [0.1, 0.15) is 5.75 Å². The average Bonchev–Trinajstić information content (AvgIpc) is 2.61. The Labute approximate surface area is 137 Å². The molecule has 0 N–H and O–H groups in total. The van der Waals surface area contributed by atoms with E-state index in [0.29, 0.717) is 6.54 Å². The van der Waals surface area contributed by atoms with Gasteiger partial charge in [0.25, 0.3) is 5.91 Å². The number of nitrogens with zero attached hydrogens (tertiary/aromatic N) is 1. The maximum absolute atomic E-state index is 12.8. The van der Waals surface area contributed by atoms with Crippen molar-refractivity contribution in [3.63, 3.8) is 0 Å². The van der Waals surface area contributed by atoms with Crippen LogP contribution in [0.15, 0.2) is 48.5 Å². The molecule has 2 aromatic carbocycles. The number of rotatable bonds is 3. The monoisotopic (exact) mass is 307 g/mol. The zero-order chi connectivity index (χ0) is 16.4. The topological polar surface area (TPSA) is 29.5 Å². The molecule has 0 fully saturated rings. The molecule has 0 radical (unpaired) electrons. The molecule has 3 nitrogen and oxygen atoms in total. The van der Waals surface area contributed by atoms with E-state index in [0.717, 1.165) is 29.0 Å². The van der Waals surface area contributed by atoms with Crippen molar-refractivity contribution in [2.45, 2.75) is 20.3 Å². The minimum absolute atomic E-state index is 0.0596. The molecule has 1 heterocycles. The molecule has 0 aliphatic carbocycles. The van der Waals surface area contributed by atoms with Crippen LogP contribution in [-0.2, 0) is 6.42 Å². The quantitative estimate of drug-likeness (QED) is 0.845. The number of hydrogen-bond acceptors (Lipinski definition) is 2. The average molecular weight is 307 g/mol. The van der Waals surface area contributed by atoms with Crippen molar-refractivity contribution in [1.29, 1.82) is 0 Å². The van der Waals surface area contributed by atoms with E-state index in [1.165, 1.54) is 11.1 Å². The number of ether oxygens (including phenoxy) is 1. The van der Waals surface area contributed by atoms with Crippen molar-refractivity contribution in [3.8, 4) is 5.75 Å². The lowest BCUT2D eigenvalue weighted by Crippen LogP contribution is -2.37. The fraction of sp³-hybridized carbons (Fsp3) is 0.250. The Kier molecular flexibility index (Phi) is 4.20. The molecule has 1 aliphatic rings. The third-order valence-electron chi connectivity index (χ3n) is 4.46. The van der Waals surface area contributed by atoms with Gasteiger partial charge in [0.15, 0.2) is 0 Å². The van der Waals surface area contributed by atoms with Crippen LogP contribution in [0.5, 0.6) is 5.75 Å². The van der Waals surface area contributed by atoms with E-state index in [4.69, 9.17) is 4.74 Å². The Morgan fingerprint density at radius 3 is 2.57 bits per heavy atom. The summed E-state index contributed by atoms with van der Waals surface area (Å²) in [6.07, 6.45) is 2.93. The fourth-order valence-corrected chi connectivity index (χ4v) is 2.91. The SMILES string of the molecule is C/C=C(/C)c1ccc(N2CCc3cc(OC)ccc3C2=O)cc1. The molecule has 2 aromatic rings. The van der Waals surface area contributed by atoms with Gasteiger partial charge in [0.05, 0.1) is 7.11 Å². The van der Waals surface area contributed by atoms with Crippen molar-refractivity contribution in [3.05, 3.63) is 65.2 Å². The number of anilines is 1. The first-order valence-electron chi connectivity index (χ1n) is 7.86. The first kappa shape index (κ1) is 15.3. The van der Waals surface area contributed by atoms with E-state index in [2.05, 4.69) is 25.1 Å². The van der Waals surface area contributed by atoms with Crippen LogP contribution < -0.4 is 9.64 Å². The zero-order valence-corrected chi connectivity index (χ0v) is 13.8. The number of carbonyl (C=O) groups excluding carboxylic acids is 1. The number of benzene rings is 2. The molecule has 0 bridgehead atoms.